The van der Waals surface area contributed by atoms with Gasteiger partial charge in [0, 0.05) is 69.7 Å². The zero-order valence-corrected chi connectivity index (χ0v) is 31.3. The van der Waals surface area contributed by atoms with Crippen LogP contribution in [-0.2, 0) is 29.1 Å². The summed E-state index contributed by atoms with van der Waals surface area (Å²) in [6.07, 6.45) is 4.75. The smallest absolute Gasteiger partial charge is 0.269 e. The third-order valence-electron chi connectivity index (χ3n) is 12.0. The molecule has 4 aliphatic rings. The molecule has 1 unspecified atom stereocenters. The van der Waals surface area contributed by atoms with Gasteiger partial charge in [0.05, 0.1) is 35.5 Å². The molecule has 13 nitrogen and oxygen atoms in total. The molecule has 294 valence electrons. The molecule has 3 fully saturated rings. The van der Waals surface area contributed by atoms with Crippen LogP contribution < -0.4 is 21.3 Å². The lowest BCUT2D eigenvalue weighted by molar-refractivity contribution is -0.227. The van der Waals surface area contributed by atoms with Crippen molar-refractivity contribution in [3.63, 3.8) is 0 Å². The summed E-state index contributed by atoms with van der Waals surface area (Å²) in [5.74, 6) is -4.92. The van der Waals surface area contributed by atoms with Gasteiger partial charge < -0.3 is 16.0 Å². The number of primary amides is 1. The van der Waals surface area contributed by atoms with Gasteiger partial charge in [0.25, 0.3) is 11.8 Å². The van der Waals surface area contributed by atoms with Crippen LogP contribution in [0.15, 0.2) is 67.0 Å². The second-order valence-corrected chi connectivity index (χ2v) is 15.7. The highest BCUT2D eigenvalue weighted by Crippen LogP contribution is 2.51. The molecule has 0 aliphatic carbocycles. The second-order valence-electron chi connectivity index (χ2n) is 15.7. The zero-order chi connectivity index (χ0) is 39.6. The van der Waals surface area contributed by atoms with E-state index < -0.39 is 41.4 Å². The fraction of sp³-hybridized carbons (Fsp3) is 0.366. The fourth-order valence-corrected chi connectivity index (χ4v) is 9.05. The molecule has 9 rings (SSSR count). The number of imidazole rings is 1. The third kappa shape index (κ3) is 6.55. The minimum atomic E-state index is -2.94. The van der Waals surface area contributed by atoms with Crippen molar-refractivity contribution < 1.29 is 27.6 Å². The molecule has 7 heterocycles. The Balaban J connectivity index is 0.838. The van der Waals surface area contributed by atoms with E-state index in [0.29, 0.717) is 54.3 Å². The first kappa shape index (κ1) is 36.7. The number of rotatable bonds is 9. The molecule has 3 amide bonds. The van der Waals surface area contributed by atoms with Crippen LogP contribution in [0.25, 0.3) is 16.9 Å². The number of nitrogens with two attached hydrogens (primary N) is 1. The Bertz CT molecular complexity index is 2430. The fourth-order valence-electron chi connectivity index (χ4n) is 9.05. The third-order valence-corrected chi connectivity index (χ3v) is 12.0. The largest absolute Gasteiger partial charge is 0.385 e. The van der Waals surface area contributed by atoms with E-state index >= 15 is 8.78 Å². The molecule has 4 aliphatic heterocycles. The minimum Gasteiger partial charge on any atom is -0.385 e. The van der Waals surface area contributed by atoms with Crippen LogP contribution in [0.1, 0.15) is 57.9 Å². The molecule has 1 spiro atoms. The summed E-state index contributed by atoms with van der Waals surface area (Å²) in [6.45, 7) is 1.87. The summed E-state index contributed by atoms with van der Waals surface area (Å²) in [6, 6.07) is 16.2. The van der Waals surface area contributed by atoms with E-state index in [-0.39, 0.29) is 44.1 Å². The van der Waals surface area contributed by atoms with Crippen molar-refractivity contribution in [2.75, 3.05) is 50.0 Å². The molecule has 0 radical (unpaired) electrons. The van der Waals surface area contributed by atoms with Gasteiger partial charge in [-0.15, -0.1) is 5.10 Å². The number of halogens is 3. The van der Waals surface area contributed by atoms with Crippen LogP contribution in [0, 0.1) is 11.2 Å². The number of fused-ring (bicyclic) bond motifs is 2. The molecule has 16 heteroatoms. The SMILES string of the molecule is CNc1cc(N2CCc3c(-c4ccc(CN5CC6(CCN(Cc7cc(F)cc(C8CCC(=O)NC8=O)c7)CC6(F)F)C5)cn4)cccc32)nn2c(C(N)=O)cnc12. The Labute approximate surface area is 326 Å². The minimum absolute atomic E-state index is 0.140. The van der Waals surface area contributed by atoms with E-state index in [2.05, 4.69) is 20.5 Å². The summed E-state index contributed by atoms with van der Waals surface area (Å²) >= 11 is 0. The Kier molecular flexibility index (Phi) is 8.99. The van der Waals surface area contributed by atoms with E-state index in [4.69, 9.17) is 15.8 Å². The number of hydrogen-bond acceptors (Lipinski definition) is 10. The molecule has 1 atom stereocenters. The summed E-state index contributed by atoms with van der Waals surface area (Å²) in [5.41, 5.74) is 11.7. The number of carbonyl (C=O) groups is 3. The molecule has 3 aromatic heterocycles. The van der Waals surface area contributed by atoms with Gasteiger partial charge in [0.1, 0.15) is 11.5 Å². The van der Waals surface area contributed by atoms with E-state index in [1.807, 2.05) is 47.5 Å². The number of aromatic nitrogens is 4. The van der Waals surface area contributed by atoms with Crippen LogP contribution in [0.3, 0.4) is 0 Å². The molecule has 2 aromatic carbocycles. The number of nitrogens with one attached hydrogen (secondary N) is 2. The quantitative estimate of drug-likeness (QED) is 0.181. The van der Waals surface area contributed by atoms with Crippen LogP contribution in [0.4, 0.5) is 30.4 Å². The average molecular weight is 779 g/mol. The van der Waals surface area contributed by atoms with Crippen LogP contribution in [0.5, 0.6) is 0 Å². The van der Waals surface area contributed by atoms with Gasteiger partial charge in [0.15, 0.2) is 11.5 Å². The van der Waals surface area contributed by atoms with Crippen molar-refractivity contribution in [3.8, 4) is 11.3 Å². The summed E-state index contributed by atoms with van der Waals surface area (Å²) in [7, 11) is 1.78. The van der Waals surface area contributed by atoms with Crippen molar-refractivity contribution in [3.05, 3.63) is 101 Å². The van der Waals surface area contributed by atoms with Gasteiger partial charge in [-0.2, -0.15) is 0 Å². The first-order chi connectivity index (χ1) is 27.4. The maximum Gasteiger partial charge on any atom is 0.269 e. The number of alkyl halides is 2. The predicted molar refractivity (Wildman–Crippen MR) is 206 cm³/mol. The number of anilines is 3. The number of benzene rings is 2. The van der Waals surface area contributed by atoms with Crippen LogP contribution in [0.2, 0.25) is 0 Å². The van der Waals surface area contributed by atoms with Gasteiger partial charge in [0.2, 0.25) is 11.8 Å². The number of carbonyl (C=O) groups excluding carboxylic acids is 3. The predicted octanol–water partition coefficient (Wildman–Crippen LogP) is 4.63. The van der Waals surface area contributed by atoms with Crippen molar-refractivity contribution in [2.45, 2.75) is 50.6 Å². The lowest BCUT2D eigenvalue weighted by Gasteiger charge is -2.57. The molecule has 3 saturated heterocycles. The van der Waals surface area contributed by atoms with Gasteiger partial charge in [-0.3, -0.25) is 34.5 Å². The first-order valence-corrected chi connectivity index (χ1v) is 19.1. The molecule has 0 bridgehead atoms. The van der Waals surface area contributed by atoms with E-state index in [0.717, 1.165) is 34.5 Å². The van der Waals surface area contributed by atoms with Crippen molar-refractivity contribution >= 4 is 40.6 Å². The monoisotopic (exact) mass is 778 g/mol. The molecule has 5 aromatic rings. The van der Waals surface area contributed by atoms with Gasteiger partial charge >= 0.3 is 0 Å². The molecule has 0 saturated carbocycles. The topological polar surface area (TPSA) is 154 Å². The Hall–Kier alpha value is -5.87. The maximum absolute atomic E-state index is 15.9. The molecule has 4 N–H and O–H groups in total. The lowest BCUT2D eigenvalue weighted by atomic mass is 9.69. The summed E-state index contributed by atoms with van der Waals surface area (Å²) < 4.78 is 47.8. The van der Waals surface area contributed by atoms with Crippen LogP contribution in [-0.4, -0.2) is 92.8 Å². The molecular formula is C41H41F3N10O3. The summed E-state index contributed by atoms with van der Waals surface area (Å²) in [5, 5.41) is 10.2. The Morgan fingerprint density at radius 1 is 0.965 bits per heavy atom. The maximum atomic E-state index is 15.9. The number of likely N-dealkylation sites (tertiary alicyclic amines) is 2. The molecule has 57 heavy (non-hydrogen) atoms. The summed E-state index contributed by atoms with van der Waals surface area (Å²) in [4.78, 5) is 51.0. The lowest BCUT2D eigenvalue weighted by Crippen LogP contribution is -2.69. The highest BCUT2D eigenvalue weighted by Gasteiger charge is 2.62. The first-order valence-electron chi connectivity index (χ1n) is 19.1. The van der Waals surface area contributed by atoms with E-state index in [1.165, 1.54) is 22.8 Å². The highest BCUT2D eigenvalue weighted by atomic mass is 19.3. The number of pyridine rings is 1. The van der Waals surface area contributed by atoms with Gasteiger partial charge in [-0.1, -0.05) is 24.3 Å². The van der Waals surface area contributed by atoms with Gasteiger partial charge in [-0.05, 0) is 72.3 Å². The standard InChI is InChI=1S/C41H41F3N10O3/c1-46-32-16-35(50-54-34(37(45)56)18-48-38(32)54)53-11-9-30-29(3-2-4-33(30)53)31-7-5-24(17-47-31)19-52-21-40(22-52)10-12-51(23-41(40,43)44)20-25-13-26(15-27(42)14-25)28-6-8-36(55)49-39(28)57/h2-5,7,13-18,28,46H,6,8-12,19-23H2,1H3,(H2,45,56)(H,49,55,57). The number of imide groups is 1. The Morgan fingerprint density at radius 2 is 1.79 bits per heavy atom. The highest BCUT2D eigenvalue weighted by molar-refractivity contribution is 6.01. The molecular weight excluding hydrogens is 738 g/mol. The van der Waals surface area contributed by atoms with Crippen LogP contribution >= 0.6 is 0 Å². The number of amides is 3. The second kappa shape index (κ2) is 14.0. The van der Waals surface area contributed by atoms with Crippen molar-refractivity contribution in [2.24, 2.45) is 11.1 Å². The van der Waals surface area contributed by atoms with E-state index in [1.54, 1.807) is 18.0 Å². The van der Waals surface area contributed by atoms with Crippen molar-refractivity contribution in [1.82, 2.24) is 34.7 Å². The average Bonchev–Trinajstić information content (AvgIpc) is 3.80. The zero-order valence-electron chi connectivity index (χ0n) is 31.3. The number of piperidine rings is 2. The normalized spacial score (nSPS) is 20.4. The number of nitrogens with zero attached hydrogens (tertiary/aromatic N) is 7. The van der Waals surface area contributed by atoms with Gasteiger partial charge in [-0.25, -0.2) is 22.7 Å². The van der Waals surface area contributed by atoms with Crippen molar-refractivity contribution in [1.29, 1.82) is 0 Å². The Morgan fingerprint density at radius 3 is 2.53 bits per heavy atom. The van der Waals surface area contributed by atoms with E-state index in [9.17, 15) is 18.8 Å². The number of hydrogen-bond donors (Lipinski definition) is 3.